The molecular formula is C16H20FN5O. The quantitative estimate of drug-likeness (QED) is 0.877. The van der Waals surface area contributed by atoms with Crippen molar-refractivity contribution < 1.29 is 9.18 Å². The van der Waals surface area contributed by atoms with Crippen LogP contribution < -0.4 is 5.73 Å². The fourth-order valence-corrected chi connectivity index (χ4v) is 1.91. The Morgan fingerprint density at radius 2 is 1.96 bits per heavy atom. The molecule has 1 fully saturated rings. The molecule has 0 radical (unpaired) electrons. The summed E-state index contributed by atoms with van der Waals surface area (Å²) < 4.78 is 14.4. The predicted octanol–water partition coefficient (Wildman–Crippen LogP) is 2.15. The van der Waals surface area contributed by atoms with E-state index in [1.165, 1.54) is 12.1 Å². The number of halogens is 1. The Balaban J connectivity index is 0.000000477. The maximum Gasteiger partial charge on any atom is 0.204 e. The number of primary amides is 1. The highest BCUT2D eigenvalue weighted by molar-refractivity contribution is 5.42. The summed E-state index contributed by atoms with van der Waals surface area (Å²) >= 11 is 0. The van der Waals surface area contributed by atoms with E-state index in [4.69, 9.17) is 10.1 Å². The highest BCUT2D eigenvalue weighted by Crippen LogP contribution is 2.41. The number of amides is 1. The number of benzene rings is 1. The minimum Gasteiger partial charge on any atom is -0.372 e. The van der Waals surface area contributed by atoms with E-state index >= 15 is 0 Å². The Bertz CT molecular complexity index is 656. The first-order chi connectivity index (χ1) is 11.1. The van der Waals surface area contributed by atoms with Gasteiger partial charge in [-0.15, -0.1) is 5.10 Å². The van der Waals surface area contributed by atoms with Crippen LogP contribution in [-0.4, -0.2) is 21.4 Å². The molecule has 1 heterocycles. The third kappa shape index (κ3) is 4.88. The molecule has 1 aromatic carbocycles. The van der Waals surface area contributed by atoms with Gasteiger partial charge in [0.15, 0.2) is 5.54 Å². The summed E-state index contributed by atoms with van der Waals surface area (Å²) in [6, 6.07) is 8.58. The van der Waals surface area contributed by atoms with Gasteiger partial charge < -0.3 is 5.73 Å². The molecule has 1 aliphatic carbocycles. The highest BCUT2D eigenvalue weighted by Gasteiger charge is 2.46. The van der Waals surface area contributed by atoms with Crippen molar-refractivity contribution in [1.29, 1.82) is 5.26 Å². The van der Waals surface area contributed by atoms with Crippen molar-refractivity contribution in [3.63, 3.8) is 0 Å². The van der Waals surface area contributed by atoms with Crippen LogP contribution in [-0.2, 0) is 16.8 Å². The van der Waals surface area contributed by atoms with Crippen molar-refractivity contribution in [2.24, 2.45) is 5.73 Å². The molecule has 0 saturated heterocycles. The topological polar surface area (TPSA) is 97.6 Å². The van der Waals surface area contributed by atoms with Crippen LogP contribution in [0.1, 0.15) is 37.9 Å². The number of nitriles is 1. The zero-order valence-corrected chi connectivity index (χ0v) is 13.2. The first kappa shape index (κ1) is 18.3. The third-order valence-corrected chi connectivity index (χ3v) is 3.21. The Kier molecular flexibility index (Phi) is 6.87. The second-order valence-corrected chi connectivity index (χ2v) is 4.74. The first-order valence-corrected chi connectivity index (χ1v) is 7.36. The van der Waals surface area contributed by atoms with Gasteiger partial charge in [0.05, 0.1) is 18.0 Å². The van der Waals surface area contributed by atoms with Crippen LogP contribution in [0.4, 0.5) is 4.39 Å². The second-order valence-electron chi connectivity index (χ2n) is 4.74. The number of rotatable bonds is 3. The monoisotopic (exact) mass is 317 g/mol. The lowest BCUT2D eigenvalue weighted by Gasteiger charge is -2.02. The van der Waals surface area contributed by atoms with Crippen LogP contribution >= 0.6 is 0 Å². The molecule has 0 atom stereocenters. The normalized spacial score (nSPS) is 13.5. The van der Waals surface area contributed by atoms with Crippen molar-refractivity contribution in [2.45, 2.75) is 38.6 Å². The lowest BCUT2D eigenvalue weighted by Crippen LogP contribution is -2.14. The van der Waals surface area contributed by atoms with Crippen LogP contribution in [0.25, 0.3) is 0 Å². The van der Waals surface area contributed by atoms with Crippen molar-refractivity contribution in [3.8, 4) is 6.07 Å². The number of carbonyl (C=O) groups is 1. The van der Waals surface area contributed by atoms with Gasteiger partial charge in [-0.05, 0) is 30.5 Å². The summed E-state index contributed by atoms with van der Waals surface area (Å²) in [4.78, 5) is 8.58. The Morgan fingerprint density at radius 1 is 1.39 bits per heavy atom. The van der Waals surface area contributed by atoms with Gasteiger partial charge in [0.2, 0.25) is 6.41 Å². The molecular weight excluding hydrogens is 297 g/mol. The molecule has 3 rings (SSSR count). The van der Waals surface area contributed by atoms with Gasteiger partial charge in [-0.1, -0.05) is 31.2 Å². The third-order valence-electron chi connectivity index (χ3n) is 3.21. The molecule has 2 N–H and O–H groups in total. The second kappa shape index (κ2) is 8.63. The van der Waals surface area contributed by atoms with E-state index in [-0.39, 0.29) is 12.2 Å². The van der Waals surface area contributed by atoms with Crippen LogP contribution in [0.3, 0.4) is 0 Å². The molecule has 23 heavy (non-hydrogen) atoms. The van der Waals surface area contributed by atoms with Gasteiger partial charge in [0.1, 0.15) is 5.82 Å². The molecule has 0 aliphatic heterocycles. The predicted molar refractivity (Wildman–Crippen MR) is 83.6 cm³/mol. The Labute approximate surface area is 134 Å². The van der Waals surface area contributed by atoms with Crippen LogP contribution in [0, 0.1) is 17.1 Å². The summed E-state index contributed by atoms with van der Waals surface area (Å²) in [5, 5.41) is 17.1. The van der Waals surface area contributed by atoms with Crippen LogP contribution in [0.2, 0.25) is 0 Å². The fourth-order valence-electron chi connectivity index (χ4n) is 1.91. The molecule has 0 bridgehead atoms. The van der Waals surface area contributed by atoms with Crippen molar-refractivity contribution in [3.05, 3.63) is 47.5 Å². The van der Waals surface area contributed by atoms with Gasteiger partial charge in [-0.25, -0.2) is 9.07 Å². The lowest BCUT2D eigenvalue weighted by atomic mass is 10.1. The molecule has 1 aliphatic rings. The van der Waals surface area contributed by atoms with Crippen molar-refractivity contribution >= 4 is 6.41 Å². The molecule has 0 spiro atoms. The molecule has 2 aromatic rings. The van der Waals surface area contributed by atoms with Crippen LogP contribution in [0.15, 0.2) is 30.5 Å². The minimum absolute atomic E-state index is 0.246. The van der Waals surface area contributed by atoms with E-state index in [0.29, 0.717) is 6.42 Å². The van der Waals surface area contributed by atoms with Crippen LogP contribution in [0.5, 0.6) is 0 Å². The molecule has 7 heteroatoms. The van der Waals surface area contributed by atoms with E-state index < -0.39 is 5.54 Å². The smallest absolute Gasteiger partial charge is 0.204 e. The summed E-state index contributed by atoms with van der Waals surface area (Å²) in [6.07, 6.45) is 4.33. The number of aromatic nitrogens is 3. The van der Waals surface area contributed by atoms with E-state index in [9.17, 15) is 4.39 Å². The molecule has 1 saturated carbocycles. The average Bonchev–Trinajstić information content (AvgIpc) is 3.24. The molecule has 122 valence electrons. The van der Waals surface area contributed by atoms with Crippen molar-refractivity contribution in [2.75, 3.05) is 0 Å². The van der Waals surface area contributed by atoms with Gasteiger partial charge >= 0.3 is 0 Å². The number of nitrogens with zero attached hydrogens (tertiary/aromatic N) is 4. The number of hydrogen-bond acceptors (Lipinski definition) is 4. The SMILES string of the molecule is CC.N#CC1(n2cc(Cc3ccc(F)cc3)nn2)CC1.NC=O. The van der Waals surface area contributed by atoms with Gasteiger partial charge in [0, 0.05) is 6.42 Å². The molecule has 1 amide bonds. The standard InChI is InChI=1S/C13H11FN4.C2H6.CH3NO/c14-11-3-1-10(2-4-11)7-12-8-18(17-16-12)13(9-15)5-6-13;1-2;2-1-3/h1-4,8H,5-7H2;1-2H3;1H,(H2,2,3). The van der Waals surface area contributed by atoms with E-state index in [0.717, 1.165) is 24.1 Å². The summed E-state index contributed by atoms with van der Waals surface area (Å²) in [5.41, 5.74) is 5.47. The lowest BCUT2D eigenvalue weighted by molar-refractivity contribution is -0.106. The largest absolute Gasteiger partial charge is 0.372 e. The van der Waals surface area contributed by atoms with Gasteiger partial charge in [-0.3, -0.25) is 4.79 Å². The van der Waals surface area contributed by atoms with E-state index in [1.807, 2.05) is 13.8 Å². The van der Waals surface area contributed by atoms with Gasteiger partial charge in [0.25, 0.3) is 0 Å². The van der Waals surface area contributed by atoms with Gasteiger partial charge in [-0.2, -0.15) is 5.26 Å². The maximum atomic E-state index is 12.8. The summed E-state index contributed by atoms with van der Waals surface area (Å²) in [7, 11) is 0. The fraction of sp³-hybridized carbons (Fsp3) is 0.375. The summed E-state index contributed by atoms with van der Waals surface area (Å²) in [5.74, 6) is -0.246. The zero-order chi connectivity index (χ0) is 17.3. The van der Waals surface area contributed by atoms with E-state index in [1.54, 1.807) is 23.0 Å². The highest BCUT2D eigenvalue weighted by atomic mass is 19.1. The molecule has 6 nitrogen and oxygen atoms in total. The average molecular weight is 317 g/mol. The maximum absolute atomic E-state index is 12.8. The Hall–Kier alpha value is -2.75. The molecule has 1 aromatic heterocycles. The van der Waals surface area contributed by atoms with Crippen molar-refractivity contribution in [1.82, 2.24) is 15.0 Å². The minimum atomic E-state index is -0.464. The Morgan fingerprint density at radius 3 is 2.43 bits per heavy atom. The zero-order valence-electron chi connectivity index (χ0n) is 13.2. The molecule has 0 unspecified atom stereocenters. The number of hydrogen-bond donors (Lipinski definition) is 1. The van der Waals surface area contributed by atoms with E-state index in [2.05, 4.69) is 22.1 Å². The number of carbonyl (C=O) groups excluding carboxylic acids is 1. The number of nitrogens with two attached hydrogens (primary N) is 1. The summed E-state index contributed by atoms with van der Waals surface area (Å²) in [6.45, 7) is 4.00. The first-order valence-electron chi connectivity index (χ1n) is 7.36.